The topological polar surface area (TPSA) is 55.8 Å². The molecule has 0 bridgehead atoms. The highest BCUT2D eigenvalue weighted by Crippen LogP contribution is 2.35. The number of rotatable bonds is 5. The summed E-state index contributed by atoms with van der Waals surface area (Å²) in [6.45, 7) is 0. The van der Waals surface area contributed by atoms with Gasteiger partial charge in [-0.15, -0.1) is 0 Å². The Morgan fingerprint density at radius 2 is 2.07 bits per heavy atom. The van der Waals surface area contributed by atoms with Crippen molar-refractivity contribution >= 4 is 6.29 Å². The monoisotopic (exact) mass is 210 g/mol. The molecule has 0 heterocycles. The van der Waals surface area contributed by atoms with Crippen molar-refractivity contribution in [3.05, 3.63) is 17.7 Å². The van der Waals surface area contributed by atoms with Crippen molar-refractivity contribution < 1.29 is 19.4 Å². The zero-order valence-corrected chi connectivity index (χ0v) is 8.82. The van der Waals surface area contributed by atoms with Crippen molar-refractivity contribution in [3.8, 4) is 17.2 Å². The third-order valence-corrected chi connectivity index (χ3v) is 2.07. The van der Waals surface area contributed by atoms with Crippen LogP contribution in [0.25, 0.3) is 0 Å². The van der Waals surface area contributed by atoms with E-state index in [9.17, 15) is 9.90 Å². The van der Waals surface area contributed by atoms with Crippen LogP contribution in [0.1, 0.15) is 12.0 Å². The molecule has 0 radical (unpaired) electrons. The first-order valence-electron chi connectivity index (χ1n) is 4.60. The lowest BCUT2D eigenvalue weighted by molar-refractivity contribution is -0.107. The Morgan fingerprint density at radius 1 is 1.33 bits per heavy atom. The van der Waals surface area contributed by atoms with Crippen LogP contribution in [0.15, 0.2) is 12.1 Å². The van der Waals surface area contributed by atoms with Gasteiger partial charge in [-0.25, -0.2) is 0 Å². The number of aromatic hydroxyl groups is 1. The first-order valence-corrected chi connectivity index (χ1v) is 4.60. The molecular formula is C11H14O4. The largest absolute Gasteiger partial charge is 0.508 e. The van der Waals surface area contributed by atoms with E-state index in [1.807, 2.05) is 0 Å². The average molecular weight is 210 g/mol. The van der Waals surface area contributed by atoms with E-state index in [0.29, 0.717) is 24.3 Å². The molecule has 1 N–H and O–H groups in total. The fourth-order valence-corrected chi connectivity index (χ4v) is 1.43. The van der Waals surface area contributed by atoms with Gasteiger partial charge in [-0.3, -0.25) is 0 Å². The third-order valence-electron chi connectivity index (χ3n) is 2.07. The summed E-state index contributed by atoms with van der Waals surface area (Å²) in [4.78, 5) is 10.3. The summed E-state index contributed by atoms with van der Waals surface area (Å²) in [5, 5.41) is 9.42. The molecule has 15 heavy (non-hydrogen) atoms. The van der Waals surface area contributed by atoms with Crippen molar-refractivity contribution in [2.45, 2.75) is 12.8 Å². The van der Waals surface area contributed by atoms with Crippen molar-refractivity contribution in [2.75, 3.05) is 14.2 Å². The Hall–Kier alpha value is -1.71. The fourth-order valence-electron chi connectivity index (χ4n) is 1.43. The first kappa shape index (κ1) is 11.4. The van der Waals surface area contributed by atoms with Crippen LogP contribution >= 0.6 is 0 Å². The molecule has 0 aliphatic carbocycles. The predicted octanol–water partition coefficient (Wildman–Crippen LogP) is 1.54. The Balaban J connectivity index is 3.10. The highest BCUT2D eigenvalue weighted by atomic mass is 16.5. The number of aldehydes is 1. The van der Waals surface area contributed by atoms with Gasteiger partial charge in [0.25, 0.3) is 0 Å². The number of carbonyl (C=O) groups excluding carboxylic acids is 1. The molecule has 1 aromatic carbocycles. The number of phenols is 1. The molecule has 0 saturated carbocycles. The van der Waals surface area contributed by atoms with E-state index in [0.717, 1.165) is 11.8 Å². The zero-order valence-electron chi connectivity index (χ0n) is 8.82. The number of methoxy groups -OCH3 is 2. The van der Waals surface area contributed by atoms with Gasteiger partial charge in [-0.05, 0) is 12.5 Å². The van der Waals surface area contributed by atoms with Gasteiger partial charge in [-0.2, -0.15) is 0 Å². The van der Waals surface area contributed by atoms with E-state index in [1.54, 1.807) is 6.07 Å². The molecule has 0 aliphatic heterocycles. The molecule has 0 atom stereocenters. The lowest BCUT2D eigenvalue weighted by Gasteiger charge is -2.12. The van der Waals surface area contributed by atoms with Gasteiger partial charge in [0.2, 0.25) is 0 Å². The third kappa shape index (κ3) is 2.62. The molecule has 0 fully saturated rings. The number of ether oxygens (including phenoxy) is 2. The predicted molar refractivity (Wildman–Crippen MR) is 55.6 cm³/mol. The van der Waals surface area contributed by atoms with Gasteiger partial charge in [0.05, 0.1) is 14.2 Å². The number of hydrogen-bond donors (Lipinski definition) is 1. The van der Waals surface area contributed by atoms with Gasteiger partial charge in [0.15, 0.2) is 11.5 Å². The summed E-state index contributed by atoms with van der Waals surface area (Å²) in [5.41, 5.74) is 0.765. The summed E-state index contributed by atoms with van der Waals surface area (Å²) in [6, 6.07) is 3.05. The number of benzene rings is 1. The van der Waals surface area contributed by atoms with E-state index < -0.39 is 0 Å². The number of phenolic OH excluding ortho intramolecular Hbond substituents is 1. The highest BCUT2D eigenvalue weighted by molar-refractivity contribution is 5.55. The number of aryl methyl sites for hydroxylation is 1. The quantitative estimate of drug-likeness (QED) is 0.749. The Kier molecular flexibility index (Phi) is 3.97. The van der Waals surface area contributed by atoms with Crippen LogP contribution in [0.5, 0.6) is 17.2 Å². The van der Waals surface area contributed by atoms with Gasteiger partial charge < -0.3 is 19.4 Å². The van der Waals surface area contributed by atoms with Gasteiger partial charge in [0, 0.05) is 18.1 Å². The van der Waals surface area contributed by atoms with Crippen LogP contribution in [0, 0.1) is 0 Å². The molecule has 4 heteroatoms. The Bertz CT molecular complexity index is 347. The molecule has 4 nitrogen and oxygen atoms in total. The number of hydrogen-bond acceptors (Lipinski definition) is 4. The second kappa shape index (κ2) is 5.24. The molecule has 0 aliphatic rings. The van der Waals surface area contributed by atoms with Crippen molar-refractivity contribution in [3.63, 3.8) is 0 Å². The summed E-state index contributed by atoms with van der Waals surface area (Å²) in [6.07, 6.45) is 1.75. The van der Waals surface area contributed by atoms with E-state index in [-0.39, 0.29) is 5.75 Å². The van der Waals surface area contributed by atoms with Gasteiger partial charge in [0.1, 0.15) is 12.0 Å². The lowest BCUT2D eigenvalue weighted by Crippen LogP contribution is -1.96. The molecule has 0 unspecified atom stereocenters. The van der Waals surface area contributed by atoms with E-state index in [2.05, 4.69) is 0 Å². The molecule has 1 rings (SSSR count). The minimum atomic E-state index is 0.105. The SMILES string of the molecule is COc1cc(O)cc(CCC=O)c1OC. The maximum Gasteiger partial charge on any atom is 0.164 e. The second-order valence-corrected chi connectivity index (χ2v) is 3.05. The van der Waals surface area contributed by atoms with Crippen molar-refractivity contribution in [1.29, 1.82) is 0 Å². The standard InChI is InChI=1S/C11H14O4/c1-14-10-7-9(13)6-8(4-3-5-12)11(10)15-2/h5-7,13H,3-4H2,1-2H3. The maximum absolute atomic E-state index is 10.3. The normalized spacial score (nSPS) is 9.73. The molecule has 0 saturated heterocycles. The van der Waals surface area contributed by atoms with E-state index in [4.69, 9.17) is 9.47 Å². The Morgan fingerprint density at radius 3 is 2.60 bits per heavy atom. The minimum absolute atomic E-state index is 0.105. The molecular weight excluding hydrogens is 196 g/mol. The first-order chi connectivity index (χ1) is 7.22. The maximum atomic E-state index is 10.3. The fraction of sp³-hybridized carbons (Fsp3) is 0.364. The Labute approximate surface area is 88.4 Å². The zero-order chi connectivity index (χ0) is 11.3. The second-order valence-electron chi connectivity index (χ2n) is 3.05. The van der Waals surface area contributed by atoms with Crippen molar-refractivity contribution in [2.24, 2.45) is 0 Å². The molecule has 0 aromatic heterocycles. The summed E-state index contributed by atoms with van der Waals surface area (Å²) in [7, 11) is 3.03. The van der Waals surface area contributed by atoms with E-state index >= 15 is 0 Å². The number of carbonyl (C=O) groups is 1. The molecule has 82 valence electrons. The minimum Gasteiger partial charge on any atom is -0.508 e. The van der Waals surface area contributed by atoms with Gasteiger partial charge in [-0.1, -0.05) is 0 Å². The molecule has 1 aromatic rings. The van der Waals surface area contributed by atoms with Crippen molar-refractivity contribution in [1.82, 2.24) is 0 Å². The smallest absolute Gasteiger partial charge is 0.164 e. The van der Waals surface area contributed by atoms with Crippen LogP contribution in [-0.4, -0.2) is 25.6 Å². The molecule has 0 amide bonds. The summed E-state index contributed by atoms with van der Waals surface area (Å²) >= 11 is 0. The summed E-state index contributed by atoms with van der Waals surface area (Å²) < 4.78 is 10.2. The highest BCUT2D eigenvalue weighted by Gasteiger charge is 2.11. The van der Waals surface area contributed by atoms with Crippen LogP contribution in [0.2, 0.25) is 0 Å². The average Bonchev–Trinajstić information content (AvgIpc) is 2.25. The van der Waals surface area contributed by atoms with Crippen LogP contribution in [-0.2, 0) is 11.2 Å². The van der Waals surface area contributed by atoms with Crippen LogP contribution < -0.4 is 9.47 Å². The van der Waals surface area contributed by atoms with E-state index in [1.165, 1.54) is 20.3 Å². The van der Waals surface area contributed by atoms with Gasteiger partial charge >= 0.3 is 0 Å². The summed E-state index contributed by atoms with van der Waals surface area (Å²) in [5.74, 6) is 1.14. The molecule has 0 spiro atoms. The van der Waals surface area contributed by atoms with Crippen LogP contribution in [0.3, 0.4) is 0 Å². The van der Waals surface area contributed by atoms with Crippen LogP contribution in [0.4, 0.5) is 0 Å². The lowest BCUT2D eigenvalue weighted by atomic mass is 10.1.